The van der Waals surface area contributed by atoms with Crippen LogP contribution in [0.4, 0.5) is 13.2 Å². The second-order valence-electron chi connectivity index (χ2n) is 5.56. The lowest BCUT2D eigenvalue weighted by molar-refractivity contribution is -0.137. The minimum Gasteiger partial charge on any atom is -0.497 e. The second-order valence-corrected chi connectivity index (χ2v) is 5.97. The summed E-state index contributed by atoms with van der Waals surface area (Å²) in [5, 5.41) is 5.96. The average molecular weight is 545 g/mol. The summed E-state index contributed by atoms with van der Waals surface area (Å²) in [6.45, 7) is 1.04. The molecule has 1 aromatic heterocycles. The maximum Gasteiger partial charge on any atom is 0.417 e. The van der Waals surface area contributed by atoms with Crippen LogP contribution in [0.5, 0.6) is 11.6 Å². The fourth-order valence-electron chi connectivity index (χ4n) is 2.15. The van der Waals surface area contributed by atoms with Gasteiger partial charge in [-0.2, -0.15) is 13.2 Å². The molecule has 0 aliphatic rings. The number of hydrogen-bond acceptors (Lipinski definition) is 4. The molecule has 0 radical (unpaired) electrons. The van der Waals surface area contributed by atoms with E-state index in [1.54, 1.807) is 14.2 Å². The van der Waals surface area contributed by atoms with Crippen LogP contribution >= 0.6 is 35.6 Å². The summed E-state index contributed by atoms with van der Waals surface area (Å²) in [6.07, 6.45) is -3.82. The van der Waals surface area contributed by atoms with Crippen LogP contribution in [0.3, 0.4) is 0 Å². The molecule has 0 spiro atoms. The first kappa shape index (κ1) is 25.1. The quantitative estimate of drug-likeness (QED) is 0.238. The molecular formula is C18H21ClF3IN4O2. The smallest absolute Gasteiger partial charge is 0.417 e. The SMILES string of the molecule is CN=C(NCCOc1ncc(C(F)(F)F)cc1Cl)NCc1ccc(OC)cc1.I. The zero-order valence-electron chi connectivity index (χ0n) is 15.7. The molecule has 0 bridgehead atoms. The molecule has 2 rings (SSSR count). The van der Waals surface area contributed by atoms with Crippen molar-refractivity contribution in [1.29, 1.82) is 0 Å². The van der Waals surface area contributed by atoms with Gasteiger partial charge in [-0.1, -0.05) is 23.7 Å². The molecule has 0 aliphatic heterocycles. The molecule has 0 saturated heterocycles. The lowest BCUT2D eigenvalue weighted by Crippen LogP contribution is -2.38. The van der Waals surface area contributed by atoms with Gasteiger partial charge in [0.1, 0.15) is 17.4 Å². The number of methoxy groups -OCH3 is 1. The van der Waals surface area contributed by atoms with E-state index in [9.17, 15) is 13.2 Å². The third-order valence-corrected chi connectivity index (χ3v) is 3.88. The van der Waals surface area contributed by atoms with Crippen molar-refractivity contribution in [3.8, 4) is 11.6 Å². The summed E-state index contributed by atoms with van der Waals surface area (Å²) in [4.78, 5) is 7.70. The molecule has 2 aromatic rings. The van der Waals surface area contributed by atoms with Gasteiger partial charge in [-0.25, -0.2) is 4.98 Å². The highest BCUT2D eigenvalue weighted by Gasteiger charge is 2.31. The number of ether oxygens (including phenoxy) is 2. The summed E-state index contributed by atoms with van der Waals surface area (Å²) in [5.74, 6) is 1.27. The van der Waals surface area contributed by atoms with E-state index in [1.807, 2.05) is 24.3 Å². The number of benzene rings is 1. The predicted molar refractivity (Wildman–Crippen MR) is 116 cm³/mol. The van der Waals surface area contributed by atoms with Gasteiger partial charge >= 0.3 is 6.18 Å². The molecule has 0 unspecified atom stereocenters. The van der Waals surface area contributed by atoms with Crippen molar-refractivity contribution in [3.05, 3.63) is 52.7 Å². The maximum absolute atomic E-state index is 12.6. The standard InChI is InChI=1S/C18H20ClF3N4O2.HI/c1-23-17(26-10-12-3-5-14(27-2)6-4-12)24-7-8-28-16-15(19)9-13(11-25-16)18(20,21)22;/h3-6,9,11H,7-8,10H2,1-2H3,(H2,23,24,26);1H. The first-order chi connectivity index (χ1) is 13.3. The van der Waals surface area contributed by atoms with Crippen molar-refractivity contribution in [1.82, 2.24) is 15.6 Å². The van der Waals surface area contributed by atoms with Crippen LogP contribution in [-0.4, -0.2) is 38.3 Å². The predicted octanol–water partition coefficient (Wildman–Crippen LogP) is 4.12. The van der Waals surface area contributed by atoms with E-state index in [-0.39, 0.29) is 41.5 Å². The van der Waals surface area contributed by atoms with E-state index in [2.05, 4.69) is 20.6 Å². The highest BCUT2D eigenvalue weighted by molar-refractivity contribution is 14.0. The Bertz CT molecular complexity index is 805. The Hall–Kier alpha value is -1.95. The summed E-state index contributed by atoms with van der Waals surface area (Å²) in [5.41, 5.74) is 0.117. The van der Waals surface area contributed by atoms with E-state index in [0.717, 1.165) is 17.4 Å². The maximum atomic E-state index is 12.6. The van der Waals surface area contributed by atoms with E-state index in [0.29, 0.717) is 25.2 Å². The molecule has 160 valence electrons. The molecule has 0 saturated carbocycles. The van der Waals surface area contributed by atoms with Gasteiger partial charge in [0.05, 0.1) is 19.2 Å². The van der Waals surface area contributed by atoms with Crippen molar-refractivity contribution in [2.24, 2.45) is 4.99 Å². The molecule has 0 aliphatic carbocycles. The van der Waals surface area contributed by atoms with Crippen LogP contribution in [0.25, 0.3) is 0 Å². The molecule has 1 aromatic carbocycles. The zero-order chi connectivity index (χ0) is 20.6. The topological polar surface area (TPSA) is 67.8 Å². The molecule has 0 fully saturated rings. The van der Waals surface area contributed by atoms with E-state index < -0.39 is 11.7 Å². The Kier molecular flexibility index (Phi) is 10.3. The van der Waals surface area contributed by atoms with Crippen LogP contribution in [0.2, 0.25) is 5.02 Å². The van der Waals surface area contributed by atoms with Gasteiger partial charge in [0.15, 0.2) is 5.96 Å². The van der Waals surface area contributed by atoms with Crippen LogP contribution in [0.1, 0.15) is 11.1 Å². The Morgan fingerprint density at radius 2 is 1.90 bits per heavy atom. The second kappa shape index (κ2) is 11.9. The first-order valence-corrected chi connectivity index (χ1v) is 8.64. The summed E-state index contributed by atoms with van der Waals surface area (Å²) >= 11 is 5.79. The summed E-state index contributed by atoms with van der Waals surface area (Å²) < 4.78 is 48.2. The average Bonchev–Trinajstić information content (AvgIpc) is 2.68. The van der Waals surface area contributed by atoms with Gasteiger partial charge in [-0.15, -0.1) is 24.0 Å². The van der Waals surface area contributed by atoms with Gasteiger partial charge < -0.3 is 20.1 Å². The molecule has 11 heteroatoms. The number of aromatic nitrogens is 1. The third-order valence-electron chi connectivity index (χ3n) is 3.61. The lowest BCUT2D eigenvalue weighted by Gasteiger charge is -2.13. The van der Waals surface area contributed by atoms with Gasteiger partial charge in [0, 0.05) is 19.8 Å². The molecule has 0 atom stereocenters. The molecule has 2 N–H and O–H groups in total. The number of hydrogen-bond donors (Lipinski definition) is 2. The fraction of sp³-hybridized carbons (Fsp3) is 0.333. The van der Waals surface area contributed by atoms with Crippen LogP contribution < -0.4 is 20.1 Å². The third kappa shape index (κ3) is 8.13. The fourth-order valence-corrected chi connectivity index (χ4v) is 2.37. The van der Waals surface area contributed by atoms with Crippen LogP contribution in [0.15, 0.2) is 41.5 Å². The Morgan fingerprint density at radius 1 is 1.21 bits per heavy atom. The monoisotopic (exact) mass is 544 g/mol. The Balaban J connectivity index is 0.00000420. The van der Waals surface area contributed by atoms with Crippen LogP contribution in [-0.2, 0) is 12.7 Å². The number of nitrogens with one attached hydrogen (secondary N) is 2. The number of nitrogens with zero attached hydrogens (tertiary/aromatic N) is 2. The van der Waals surface area contributed by atoms with Crippen molar-refractivity contribution in [2.45, 2.75) is 12.7 Å². The van der Waals surface area contributed by atoms with Crippen molar-refractivity contribution in [3.63, 3.8) is 0 Å². The summed E-state index contributed by atoms with van der Waals surface area (Å²) in [6, 6.07) is 8.37. The lowest BCUT2D eigenvalue weighted by atomic mass is 10.2. The Labute approximate surface area is 188 Å². The highest BCUT2D eigenvalue weighted by Crippen LogP contribution is 2.32. The van der Waals surface area contributed by atoms with Gasteiger partial charge in [-0.3, -0.25) is 4.99 Å². The molecular weight excluding hydrogens is 524 g/mol. The molecule has 29 heavy (non-hydrogen) atoms. The number of pyridine rings is 1. The molecule has 6 nitrogen and oxygen atoms in total. The molecule has 1 heterocycles. The zero-order valence-corrected chi connectivity index (χ0v) is 18.8. The number of aliphatic imine (C=N–C) groups is 1. The van der Waals surface area contributed by atoms with Crippen LogP contribution in [0, 0.1) is 0 Å². The number of halogens is 5. The van der Waals surface area contributed by atoms with E-state index in [1.165, 1.54) is 0 Å². The molecule has 0 amide bonds. The summed E-state index contributed by atoms with van der Waals surface area (Å²) in [7, 11) is 3.23. The Morgan fingerprint density at radius 3 is 2.45 bits per heavy atom. The number of alkyl halides is 3. The minimum absolute atomic E-state index is 0. The number of rotatable bonds is 7. The minimum atomic E-state index is -4.50. The van der Waals surface area contributed by atoms with Gasteiger partial charge in [0.25, 0.3) is 0 Å². The van der Waals surface area contributed by atoms with Gasteiger partial charge in [0.2, 0.25) is 5.88 Å². The first-order valence-electron chi connectivity index (χ1n) is 8.26. The number of guanidine groups is 1. The van der Waals surface area contributed by atoms with E-state index in [4.69, 9.17) is 21.1 Å². The van der Waals surface area contributed by atoms with E-state index >= 15 is 0 Å². The largest absolute Gasteiger partial charge is 0.497 e. The van der Waals surface area contributed by atoms with Crippen molar-refractivity contribution in [2.75, 3.05) is 27.3 Å². The normalized spacial score (nSPS) is 11.4. The van der Waals surface area contributed by atoms with Crippen molar-refractivity contribution >= 4 is 41.5 Å². The van der Waals surface area contributed by atoms with Gasteiger partial charge in [-0.05, 0) is 23.8 Å². The highest BCUT2D eigenvalue weighted by atomic mass is 127. The van der Waals surface area contributed by atoms with Crippen molar-refractivity contribution < 1.29 is 22.6 Å².